The van der Waals surface area contributed by atoms with Gasteiger partial charge in [0.1, 0.15) is 5.82 Å². The van der Waals surface area contributed by atoms with Gasteiger partial charge in [0.25, 0.3) is 5.56 Å². The van der Waals surface area contributed by atoms with Gasteiger partial charge < -0.3 is 4.74 Å². The predicted octanol–water partition coefficient (Wildman–Crippen LogP) is 4.54. The van der Waals surface area contributed by atoms with Gasteiger partial charge in [-0.2, -0.15) is 5.10 Å². The Kier molecular flexibility index (Phi) is 7.28. The Labute approximate surface area is 179 Å². The fourth-order valence-electron chi connectivity index (χ4n) is 3.34. The maximum Gasteiger partial charge on any atom is 0.360 e. The molecule has 1 aromatic heterocycles. The van der Waals surface area contributed by atoms with E-state index < -0.39 is 23.7 Å². The summed E-state index contributed by atoms with van der Waals surface area (Å²) in [5.41, 5.74) is -0.0380. The van der Waals surface area contributed by atoms with Crippen LogP contribution in [0.4, 0.5) is 4.39 Å². The molecule has 3 aromatic rings. The number of aromatic nitrogens is 2. The Morgan fingerprint density at radius 1 is 1.03 bits per heavy atom. The molecule has 1 atom stereocenters. The molecule has 0 unspecified atom stereocenters. The summed E-state index contributed by atoms with van der Waals surface area (Å²) in [5.74, 6) is -1.70. The number of nitrogens with zero attached hydrogens (tertiary/aromatic N) is 2. The molecule has 0 spiro atoms. The third-order valence-electron chi connectivity index (χ3n) is 5.07. The lowest BCUT2D eigenvalue weighted by Gasteiger charge is -2.14. The average Bonchev–Trinajstić information content (AvgIpc) is 2.78. The highest BCUT2D eigenvalue weighted by atomic mass is 19.1. The Balaban J connectivity index is 1.86. The maximum atomic E-state index is 13.1. The molecule has 0 aliphatic heterocycles. The number of fused-ring (bicyclic) bond motifs is 1. The van der Waals surface area contributed by atoms with Crippen LogP contribution in [0.1, 0.15) is 60.4 Å². The first kappa shape index (κ1) is 22.3. The Bertz CT molecular complexity index is 1140. The normalized spacial score (nSPS) is 12.0. The van der Waals surface area contributed by atoms with Gasteiger partial charge in [-0.05, 0) is 43.7 Å². The van der Waals surface area contributed by atoms with Crippen LogP contribution in [0.2, 0.25) is 0 Å². The fraction of sp³-hybridized carbons (Fsp3) is 0.333. The van der Waals surface area contributed by atoms with Crippen LogP contribution in [0, 0.1) is 5.82 Å². The minimum atomic E-state index is -1.09. The van der Waals surface area contributed by atoms with Crippen molar-refractivity contribution in [2.24, 2.45) is 0 Å². The van der Waals surface area contributed by atoms with E-state index in [1.165, 1.54) is 35.9 Å². The van der Waals surface area contributed by atoms with Gasteiger partial charge in [0.05, 0.1) is 5.39 Å². The summed E-state index contributed by atoms with van der Waals surface area (Å²) >= 11 is 0. The molecule has 1 heterocycles. The van der Waals surface area contributed by atoms with Gasteiger partial charge in [0, 0.05) is 17.5 Å². The number of aryl methyl sites for hydroxylation is 1. The predicted molar refractivity (Wildman–Crippen MR) is 116 cm³/mol. The lowest BCUT2D eigenvalue weighted by Crippen LogP contribution is -2.29. The van der Waals surface area contributed by atoms with Gasteiger partial charge in [0.2, 0.25) is 5.78 Å². The van der Waals surface area contributed by atoms with Crippen LogP contribution >= 0.6 is 0 Å². The summed E-state index contributed by atoms with van der Waals surface area (Å²) in [7, 11) is 0. The number of halogens is 1. The summed E-state index contributed by atoms with van der Waals surface area (Å²) in [6, 6.07) is 11.7. The van der Waals surface area contributed by atoms with Crippen LogP contribution in [0.5, 0.6) is 0 Å². The van der Waals surface area contributed by atoms with Gasteiger partial charge in [-0.15, -0.1) is 0 Å². The van der Waals surface area contributed by atoms with Crippen LogP contribution in [0.25, 0.3) is 10.8 Å². The molecule has 0 amide bonds. The number of ketones is 1. The molecule has 0 radical (unpaired) electrons. The zero-order valence-electron chi connectivity index (χ0n) is 17.6. The number of hydrogen-bond acceptors (Lipinski definition) is 5. The van der Waals surface area contributed by atoms with Crippen molar-refractivity contribution in [2.75, 3.05) is 0 Å². The SMILES string of the molecule is CCCCCCn1nc(C(=O)O[C@@H](C)C(=O)c2ccc(F)cc2)c2ccccc2c1=O. The lowest BCUT2D eigenvalue weighted by molar-refractivity contribution is 0.0312. The topological polar surface area (TPSA) is 78.3 Å². The molecule has 0 bridgehead atoms. The molecule has 0 fully saturated rings. The summed E-state index contributed by atoms with van der Waals surface area (Å²) in [6.07, 6.45) is 2.76. The summed E-state index contributed by atoms with van der Waals surface area (Å²) < 4.78 is 19.8. The fourth-order valence-corrected chi connectivity index (χ4v) is 3.34. The molecular formula is C24H25FN2O4. The van der Waals surface area contributed by atoms with Crippen LogP contribution in [-0.2, 0) is 11.3 Å². The lowest BCUT2D eigenvalue weighted by atomic mass is 10.1. The smallest absolute Gasteiger partial charge is 0.360 e. The largest absolute Gasteiger partial charge is 0.449 e. The Morgan fingerprint density at radius 2 is 1.71 bits per heavy atom. The van der Waals surface area contributed by atoms with Gasteiger partial charge in [-0.25, -0.2) is 13.9 Å². The summed E-state index contributed by atoms with van der Waals surface area (Å²) in [5, 5.41) is 5.01. The number of rotatable bonds is 9. The first-order valence-electron chi connectivity index (χ1n) is 10.4. The molecule has 0 aliphatic carbocycles. The third kappa shape index (κ3) is 5.23. The van der Waals surface area contributed by atoms with E-state index in [1.54, 1.807) is 24.3 Å². The van der Waals surface area contributed by atoms with E-state index in [4.69, 9.17) is 4.74 Å². The summed E-state index contributed by atoms with van der Waals surface area (Å²) in [6.45, 7) is 3.95. The van der Waals surface area contributed by atoms with Crippen LogP contribution < -0.4 is 5.56 Å². The quantitative estimate of drug-likeness (QED) is 0.286. The van der Waals surface area contributed by atoms with Crippen molar-refractivity contribution in [3.05, 3.63) is 76.0 Å². The Hall–Kier alpha value is -3.35. The molecule has 2 aromatic carbocycles. The van der Waals surface area contributed by atoms with Crippen molar-refractivity contribution >= 4 is 22.5 Å². The zero-order valence-corrected chi connectivity index (χ0v) is 17.6. The van der Waals surface area contributed by atoms with Gasteiger partial charge in [-0.3, -0.25) is 9.59 Å². The van der Waals surface area contributed by atoms with E-state index in [1.807, 2.05) is 0 Å². The maximum absolute atomic E-state index is 13.1. The van der Waals surface area contributed by atoms with E-state index in [0.717, 1.165) is 25.7 Å². The van der Waals surface area contributed by atoms with Crippen molar-refractivity contribution in [1.29, 1.82) is 0 Å². The van der Waals surface area contributed by atoms with Crippen LogP contribution in [-0.4, -0.2) is 27.6 Å². The van der Waals surface area contributed by atoms with E-state index in [2.05, 4.69) is 12.0 Å². The minimum Gasteiger partial charge on any atom is -0.449 e. The first-order chi connectivity index (χ1) is 14.9. The molecule has 0 saturated carbocycles. The summed E-state index contributed by atoms with van der Waals surface area (Å²) in [4.78, 5) is 38.2. The number of Topliss-reactive ketones (excluding diaryl/α,β-unsaturated/α-hetero) is 1. The van der Waals surface area contributed by atoms with Crippen LogP contribution in [0.15, 0.2) is 53.3 Å². The van der Waals surface area contributed by atoms with Crippen molar-refractivity contribution in [3.63, 3.8) is 0 Å². The number of carbonyl (C=O) groups is 2. The van der Waals surface area contributed by atoms with E-state index >= 15 is 0 Å². The zero-order chi connectivity index (χ0) is 22.4. The molecule has 6 nitrogen and oxygen atoms in total. The van der Waals surface area contributed by atoms with Gasteiger partial charge >= 0.3 is 5.97 Å². The van der Waals surface area contributed by atoms with E-state index in [0.29, 0.717) is 17.3 Å². The van der Waals surface area contributed by atoms with Crippen LogP contribution in [0.3, 0.4) is 0 Å². The second kappa shape index (κ2) is 10.1. The number of benzene rings is 2. The van der Waals surface area contributed by atoms with Crippen molar-refractivity contribution in [2.45, 2.75) is 52.2 Å². The number of unbranched alkanes of at least 4 members (excludes halogenated alkanes) is 3. The monoisotopic (exact) mass is 424 g/mol. The molecule has 0 N–H and O–H groups in total. The van der Waals surface area contributed by atoms with Crippen molar-refractivity contribution in [3.8, 4) is 0 Å². The average molecular weight is 424 g/mol. The highest BCUT2D eigenvalue weighted by Gasteiger charge is 2.24. The third-order valence-corrected chi connectivity index (χ3v) is 5.07. The number of carbonyl (C=O) groups excluding carboxylic acids is 2. The number of esters is 1. The second-order valence-electron chi connectivity index (χ2n) is 7.40. The van der Waals surface area contributed by atoms with E-state index in [-0.39, 0.29) is 16.8 Å². The molecule has 162 valence electrons. The minimum absolute atomic E-state index is 0.00977. The van der Waals surface area contributed by atoms with E-state index in [9.17, 15) is 18.8 Å². The van der Waals surface area contributed by atoms with Crippen molar-refractivity contribution < 1.29 is 18.7 Å². The molecular weight excluding hydrogens is 399 g/mol. The molecule has 0 aliphatic rings. The number of hydrogen-bond donors (Lipinski definition) is 0. The highest BCUT2D eigenvalue weighted by molar-refractivity contribution is 6.05. The first-order valence-corrected chi connectivity index (χ1v) is 10.4. The van der Waals surface area contributed by atoms with Crippen molar-refractivity contribution in [1.82, 2.24) is 9.78 Å². The standard InChI is InChI=1S/C24H25FN2O4/c1-3-4-5-8-15-27-23(29)20-10-7-6-9-19(20)21(26-27)24(30)31-16(2)22(28)17-11-13-18(25)14-12-17/h6-7,9-14,16H,3-5,8,15H2,1-2H3/t16-/m0/s1. The second-order valence-corrected chi connectivity index (χ2v) is 7.40. The number of ether oxygens (including phenoxy) is 1. The molecule has 31 heavy (non-hydrogen) atoms. The molecule has 7 heteroatoms. The molecule has 3 rings (SSSR count). The Morgan fingerprint density at radius 3 is 2.39 bits per heavy atom. The van der Waals surface area contributed by atoms with Gasteiger partial charge in [-0.1, -0.05) is 44.4 Å². The van der Waals surface area contributed by atoms with Gasteiger partial charge in [0.15, 0.2) is 11.8 Å². The molecule has 0 saturated heterocycles. The highest BCUT2D eigenvalue weighted by Crippen LogP contribution is 2.17.